The van der Waals surface area contributed by atoms with Crippen molar-refractivity contribution < 1.29 is 75.0 Å². The maximum Gasteiger partial charge on any atom is 0.211 e. The van der Waals surface area contributed by atoms with Gasteiger partial charge in [0.05, 0.1) is 0 Å². The Kier molecular flexibility index (Phi) is 134. The van der Waals surface area contributed by atoms with Gasteiger partial charge in [-0.2, -0.15) is 18.7 Å². The zero-order valence-electron chi connectivity index (χ0n) is 30.6. The zero-order chi connectivity index (χ0) is 32.0. The van der Waals surface area contributed by atoms with E-state index in [-0.39, 0.29) is 126 Å². The van der Waals surface area contributed by atoms with Crippen LogP contribution in [0.15, 0.2) is 60.7 Å². The van der Waals surface area contributed by atoms with Crippen molar-refractivity contribution in [2.24, 2.45) is 0 Å². The van der Waals surface area contributed by atoms with Gasteiger partial charge in [0.15, 0.2) is 5.75 Å². The number of thioether (sulfide) groups is 1. The fourth-order valence-corrected chi connectivity index (χ4v) is 6.16. The van der Waals surface area contributed by atoms with Crippen LogP contribution in [0.5, 0.6) is 0 Å². The number of halogens is 1. The molecule has 8 heteroatoms. The minimum absolute atomic E-state index is 0. The first kappa shape index (κ1) is 82.0. The van der Waals surface area contributed by atoms with Gasteiger partial charge in [-0.3, -0.25) is 4.79 Å². The molecule has 2 heterocycles. The summed E-state index contributed by atoms with van der Waals surface area (Å²) in [6.45, 7) is 27.3. The van der Waals surface area contributed by atoms with Gasteiger partial charge in [0.2, 0.25) is 5.78 Å². The fraction of sp³-hybridized carbons (Fsp3) is 0.615. The predicted octanol–water partition coefficient (Wildman–Crippen LogP) is 13.8. The molecule has 2 aromatic rings. The molecule has 0 amide bonds. The third-order valence-electron chi connectivity index (χ3n) is 4.47. The molecule has 0 spiro atoms. The maximum absolute atomic E-state index is 11.8. The maximum atomic E-state index is 11.8. The van der Waals surface area contributed by atoms with Crippen molar-refractivity contribution in [2.45, 2.75) is 131 Å². The second kappa shape index (κ2) is 77.0. The third-order valence-corrected chi connectivity index (χ3v) is 8.03. The van der Waals surface area contributed by atoms with Crippen LogP contribution in [0.4, 0.5) is 0 Å². The minimum Gasteiger partial charge on any atom is -0.332 e. The minimum atomic E-state index is -0.129. The number of ketones is 2. The Morgan fingerprint density at radius 2 is 0.894 bits per heavy atom. The van der Waals surface area contributed by atoms with Gasteiger partial charge in [-0.15, -0.1) is 41.7 Å². The summed E-state index contributed by atoms with van der Waals surface area (Å²) in [5.74, 6) is 6.37. The molecule has 0 unspecified atom stereocenters. The summed E-state index contributed by atoms with van der Waals surface area (Å²) in [5, 5.41) is 0. The molecule has 2 aromatic carbocycles. The molecule has 2 aliphatic rings. The largest absolute Gasteiger partial charge is 0.332 e. The molecule has 0 saturated carbocycles. The van der Waals surface area contributed by atoms with Gasteiger partial charge in [0.25, 0.3) is 0 Å². The van der Waals surface area contributed by atoms with E-state index in [0.717, 1.165) is 11.3 Å². The molecule has 2 saturated heterocycles. The van der Waals surface area contributed by atoms with Crippen molar-refractivity contribution in [3.05, 3.63) is 78.7 Å². The quantitative estimate of drug-likeness (QED) is 0.101. The van der Waals surface area contributed by atoms with Crippen LogP contribution >= 0.6 is 35.7 Å². The van der Waals surface area contributed by atoms with Crippen molar-refractivity contribution in [3.63, 3.8) is 0 Å². The summed E-state index contributed by atoms with van der Waals surface area (Å²) in [6.07, 6.45) is 5.58. The fourth-order valence-electron chi connectivity index (χ4n) is 2.89. The second-order valence-corrected chi connectivity index (χ2v) is 10.3. The van der Waals surface area contributed by atoms with Crippen LogP contribution < -0.4 is 0 Å². The molecule has 47 heavy (non-hydrogen) atoms. The van der Waals surface area contributed by atoms with E-state index in [1.165, 1.54) is 48.7 Å². The van der Waals surface area contributed by atoms with Gasteiger partial charge >= 0.3 is 0 Å². The number of Topliss-reactive ketones (excluding diaryl/α,β-unsaturated/α-hetero) is 2. The van der Waals surface area contributed by atoms with E-state index in [1.54, 1.807) is 12.1 Å². The van der Waals surface area contributed by atoms with Gasteiger partial charge in [0, 0.05) is 85.2 Å². The zero-order valence-corrected chi connectivity index (χ0v) is 40.3. The summed E-state index contributed by atoms with van der Waals surface area (Å²) in [4.78, 5) is 22.3. The van der Waals surface area contributed by atoms with Crippen molar-refractivity contribution in [3.8, 4) is 0 Å². The number of carbonyl (C=O) groups is 2. The Balaban J connectivity index is -0.0000000330. The van der Waals surface area contributed by atoms with E-state index in [1.807, 2.05) is 132 Å². The SMILES string of the molecule is C.C.C.C1CCSC1.CC.CC.CC.CC.CC.CC.I.O=C(C[S+]1CCCC1)c1ccccc1.[B].[CH2-]C(=O)c1ccccc1.[Y].[Y]. The van der Waals surface area contributed by atoms with Crippen molar-refractivity contribution in [2.75, 3.05) is 28.8 Å². The Morgan fingerprint density at radius 1 is 0.596 bits per heavy atom. The van der Waals surface area contributed by atoms with Gasteiger partial charge in [-0.05, 0) is 48.1 Å². The van der Waals surface area contributed by atoms with Crippen LogP contribution in [0.2, 0.25) is 0 Å². The van der Waals surface area contributed by atoms with Gasteiger partial charge in [-0.25, -0.2) is 0 Å². The monoisotopic (exact) mass is 959 g/mol. The number of benzene rings is 2. The van der Waals surface area contributed by atoms with Crippen molar-refractivity contribution >= 4 is 66.6 Å². The molecule has 5 radical (unpaired) electrons. The summed E-state index contributed by atoms with van der Waals surface area (Å²) < 4.78 is 0. The number of rotatable bonds is 4. The topological polar surface area (TPSA) is 34.1 Å². The summed E-state index contributed by atoms with van der Waals surface area (Å²) in [6, 6.07) is 18.7. The molecule has 0 atom stereocenters. The molecular formula is C39H79BIO2S2Y2. The second-order valence-electron chi connectivity index (χ2n) is 6.77. The number of hydrogen-bond donors (Lipinski definition) is 0. The standard InChI is InChI=1S/C12H15OS.C8H7O.C4H8S.6C2H6.3CH4.B.HI.2Y/c13-12(10-14-8-4-5-9-14)11-6-2-1-3-7-11;1-7(9)8-5-3-2-4-6-8;1-2-4-5-3-1;6*1-2;;;;;;;/h1-3,6-7H,4-5,8-10H2;2-6H,1H2;1-4H2;6*1-2H3;3*1H4;;1H;;/q+1;-1;;;;;;;;;;;;;;. The van der Waals surface area contributed by atoms with E-state index in [0.29, 0.717) is 22.2 Å². The van der Waals surface area contributed by atoms with Crippen LogP contribution in [0.25, 0.3) is 0 Å². The van der Waals surface area contributed by atoms with Crippen molar-refractivity contribution in [1.82, 2.24) is 0 Å². The third kappa shape index (κ3) is 57.0. The Bertz CT molecular complexity index is 712. The molecule has 275 valence electrons. The van der Waals surface area contributed by atoms with E-state index >= 15 is 0 Å². The van der Waals surface area contributed by atoms with E-state index in [2.05, 4.69) is 18.7 Å². The predicted molar refractivity (Wildman–Crippen MR) is 234 cm³/mol. The first-order valence-corrected chi connectivity index (χ1v) is 18.8. The summed E-state index contributed by atoms with van der Waals surface area (Å²) >= 11 is 2.07. The molecule has 0 aromatic heterocycles. The van der Waals surface area contributed by atoms with Crippen molar-refractivity contribution in [1.29, 1.82) is 0 Å². The van der Waals surface area contributed by atoms with E-state index < -0.39 is 0 Å². The summed E-state index contributed by atoms with van der Waals surface area (Å²) in [7, 11) is 0.393. The van der Waals surface area contributed by atoms with Gasteiger partial charge in [-0.1, -0.05) is 154 Å². The summed E-state index contributed by atoms with van der Waals surface area (Å²) in [5.41, 5.74) is 1.55. The molecule has 0 bridgehead atoms. The normalized spacial score (nSPS) is 10.1. The molecule has 2 fully saturated rings. The van der Waals surface area contributed by atoms with E-state index in [9.17, 15) is 9.59 Å². The molecule has 2 nitrogen and oxygen atoms in total. The molecule has 2 aliphatic heterocycles. The molecule has 0 aliphatic carbocycles. The molecule has 0 N–H and O–H groups in total. The number of hydrogen-bond acceptors (Lipinski definition) is 3. The Hall–Kier alpha value is 1.35. The van der Waals surface area contributed by atoms with Gasteiger partial charge in [0.1, 0.15) is 11.5 Å². The van der Waals surface area contributed by atoms with Gasteiger partial charge < -0.3 is 4.79 Å². The smallest absolute Gasteiger partial charge is 0.211 e. The Morgan fingerprint density at radius 3 is 1.13 bits per heavy atom. The van der Waals surface area contributed by atoms with Crippen LogP contribution in [-0.4, -0.2) is 48.7 Å². The van der Waals surface area contributed by atoms with Crippen LogP contribution in [0.3, 0.4) is 0 Å². The van der Waals surface area contributed by atoms with Crippen LogP contribution in [-0.2, 0) is 76.3 Å². The molecular weight excluding hydrogens is 880 g/mol. The Labute approximate surface area is 375 Å². The first-order valence-electron chi connectivity index (χ1n) is 15.9. The first-order chi connectivity index (χ1) is 19.7. The molecule has 4 rings (SSSR count). The average Bonchev–Trinajstić information content (AvgIpc) is 3.83. The number of carbonyl (C=O) groups excluding carboxylic acids is 2. The average molecular weight is 960 g/mol. The van der Waals surface area contributed by atoms with Crippen LogP contribution in [0.1, 0.15) is 152 Å². The van der Waals surface area contributed by atoms with Crippen LogP contribution in [0, 0.1) is 6.92 Å². The van der Waals surface area contributed by atoms with E-state index in [4.69, 9.17) is 0 Å².